The Balaban J connectivity index is 1.73. The zero-order valence-electron chi connectivity index (χ0n) is 13.4. The minimum Gasteiger partial charge on any atom is -0.355 e. The van der Waals surface area contributed by atoms with E-state index in [1.165, 1.54) is 18.2 Å². The fourth-order valence-corrected chi connectivity index (χ4v) is 4.20. The van der Waals surface area contributed by atoms with Crippen molar-refractivity contribution >= 4 is 15.8 Å². The Hall–Kier alpha value is -1.99. The Morgan fingerprint density at radius 1 is 1.25 bits per heavy atom. The fraction of sp³-hybridized carbons (Fsp3) is 0.353. The largest absolute Gasteiger partial charge is 0.355 e. The molecule has 1 aromatic heterocycles. The van der Waals surface area contributed by atoms with Crippen molar-refractivity contribution in [3.63, 3.8) is 0 Å². The van der Waals surface area contributed by atoms with E-state index in [9.17, 15) is 12.8 Å². The lowest BCUT2D eigenvalue weighted by molar-refractivity contribution is 0.463. The van der Waals surface area contributed by atoms with Crippen LogP contribution in [0, 0.1) is 12.7 Å². The molecule has 1 aliphatic heterocycles. The summed E-state index contributed by atoms with van der Waals surface area (Å²) in [5.41, 5.74) is 0.926. The van der Waals surface area contributed by atoms with Crippen molar-refractivity contribution < 1.29 is 12.8 Å². The summed E-state index contributed by atoms with van der Waals surface area (Å²) in [6.07, 6.45) is 1.61. The summed E-state index contributed by atoms with van der Waals surface area (Å²) in [5, 5.41) is 0. The number of aromatic nitrogens is 1. The van der Waals surface area contributed by atoms with Gasteiger partial charge in [0.1, 0.15) is 11.6 Å². The average molecular weight is 349 g/mol. The first-order valence-electron chi connectivity index (χ1n) is 7.90. The number of rotatable bonds is 4. The lowest BCUT2D eigenvalue weighted by Crippen LogP contribution is -2.48. The van der Waals surface area contributed by atoms with Gasteiger partial charge in [0.25, 0.3) is 0 Å². The number of hydrogen-bond donors (Lipinski definition) is 1. The van der Waals surface area contributed by atoms with Crippen LogP contribution in [0.15, 0.2) is 47.4 Å². The third-order valence-electron chi connectivity index (χ3n) is 4.05. The van der Waals surface area contributed by atoms with Crippen molar-refractivity contribution in [2.45, 2.75) is 30.7 Å². The van der Waals surface area contributed by atoms with Crippen LogP contribution < -0.4 is 9.62 Å². The number of aryl methyl sites for hydroxylation is 1. The van der Waals surface area contributed by atoms with Crippen molar-refractivity contribution in [3.8, 4) is 0 Å². The summed E-state index contributed by atoms with van der Waals surface area (Å²) in [6.45, 7) is 3.32. The number of nitrogens with zero attached hydrogens (tertiary/aromatic N) is 2. The summed E-state index contributed by atoms with van der Waals surface area (Å²) in [7, 11) is -3.73. The van der Waals surface area contributed by atoms with Gasteiger partial charge < -0.3 is 4.90 Å². The van der Waals surface area contributed by atoms with Gasteiger partial charge in [-0.25, -0.2) is 22.5 Å². The molecule has 3 rings (SSSR count). The highest BCUT2D eigenvalue weighted by Gasteiger charge is 2.26. The molecule has 0 spiro atoms. The van der Waals surface area contributed by atoms with Crippen LogP contribution >= 0.6 is 0 Å². The topological polar surface area (TPSA) is 62.3 Å². The van der Waals surface area contributed by atoms with Gasteiger partial charge in [0.2, 0.25) is 10.0 Å². The molecule has 0 amide bonds. The van der Waals surface area contributed by atoms with Crippen LogP contribution in [0.2, 0.25) is 0 Å². The summed E-state index contributed by atoms with van der Waals surface area (Å²) in [4.78, 5) is 6.53. The van der Waals surface area contributed by atoms with Gasteiger partial charge in [0.15, 0.2) is 0 Å². The van der Waals surface area contributed by atoms with Crippen LogP contribution in [0.1, 0.15) is 18.5 Å². The van der Waals surface area contributed by atoms with Crippen molar-refractivity contribution in [2.75, 3.05) is 18.0 Å². The second kappa shape index (κ2) is 6.86. The molecule has 0 aliphatic carbocycles. The Morgan fingerprint density at radius 3 is 2.79 bits per heavy atom. The molecule has 128 valence electrons. The summed E-state index contributed by atoms with van der Waals surface area (Å²) >= 11 is 0. The first-order valence-corrected chi connectivity index (χ1v) is 9.39. The fourth-order valence-electron chi connectivity index (χ4n) is 2.91. The number of anilines is 1. The molecular weight excluding hydrogens is 329 g/mol. The maximum absolute atomic E-state index is 13.3. The predicted octanol–water partition coefficient (Wildman–Crippen LogP) is 2.48. The lowest BCUT2D eigenvalue weighted by atomic mass is 10.1. The highest BCUT2D eigenvalue weighted by atomic mass is 32.2. The highest BCUT2D eigenvalue weighted by Crippen LogP contribution is 2.20. The molecule has 1 saturated heterocycles. The number of hydrogen-bond acceptors (Lipinski definition) is 4. The van der Waals surface area contributed by atoms with Gasteiger partial charge in [-0.2, -0.15) is 0 Å². The molecule has 7 heteroatoms. The van der Waals surface area contributed by atoms with Crippen molar-refractivity contribution in [1.82, 2.24) is 9.71 Å². The predicted molar refractivity (Wildman–Crippen MR) is 90.9 cm³/mol. The number of pyridine rings is 1. The molecule has 0 radical (unpaired) electrons. The monoisotopic (exact) mass is 349 g/mol. The molecule has 5 nitrogen and oxygen atoms in total. The SMILES string of the molecule is Cc1cccc(N2CCCC(NS(=O)(=O)c3cccc(F)c3)C2)n1. The van der Waals surface area contributed by atoms with E-state index in [-0.39, 0.29) is 10.9 Å². The van der Waals surface area contributed by atoms with Crippen LogP contribution in [0.4, 0.5) is 10.2 Å². The molecule has 1 atom stereocenters. The second-order valence-corrected chi connectivity index (χ2v) is 7.71. The molecule has 1 aliphatic rings. The van der Waals surface area contributed by atoms with Gasteiger partial charge in [-0.05, 0) is 50.1 Å². The van der Waals surface area contributed by atoms with Crippen LogP contribution in [0.25, 0.3) is 0 Å². The molecule has 2 aromatic rings. The van der Waals surface area contributed by atoms with Gasteiger partial charge in [-0.3, -0.25) is 0 Å². The molecule has 2 heterocycles. The number of piperidine rings is 1. The Labute approximate surface area is 141 Å². The summed E-state index contributed by atoms with van der Waals surface area (Å²) < 4.78 is 40.9. The third-order valence-corrected chi connectivity index (χ3v) is 5.57. The van der Waals surface area contributed by atoms with Gasteiger partial charge >= 0.3 is 0 Å². The standard InChI is InChI=1S/C17H20FN3O2S/c1-13-5-2-9-17(19-13)21-10-4-7-15(12-21)20-24(22,23)16-8-3-6-14(18)11-16/h2-3,5-6,8-9,11,15,20H,4,7,10,12H2,1H3. The minimum absolute atomic E-state index is 0.0479. The van der Waals surface area contributed by atoms with E-state index in [1.807, 2.05) is 25.1 Å². The number of halogens is 1. The van der Waals surface area contributed by atoms with Gasteiger partial charge in [-0.15, -0.1) is 0 Å². The minimum atomic E-state index is -3.73. The van der Waals surface area contributed by atoms with Crippen molar-refractivity contribution in [2.24, 2.45) is 0 Å². The Bertz CT molecular complexity index is 826. The number of nitrogens with one attached hydrogen (secondary N) is 1. The highest BCUT2D eigenvalue weighted by molar-refractivity contribution is 7.89. The first kappa shape index (κ1) is 16.9. The maximum Gasteiger partial charge on any atom is 0.240 e. The molecule has 24 heavy (non-hydrogen) atoms. The van der Waals surface area contributed by atoms with E-state index in [0.717, 1.165) is 37.0 Å². The van der Waals surface area contributed by atoms with E-state index >= 15 is 0 Å². The Kier molecular flexibility index (Phi) is 4.82. The van der Waals surface area contributed by atoms with E-state index in [4.69, 9.17) is 0 Å². The van der Waals surface area contributed by atoms with E-state index in [0.29, 0.717) is 6.54 Å². The van der Waals surface area contributed by atoms with Crippen LogP contribution in [-0.4, -0.2) is 32.5 Å². The number of sulfonamides is 1. The van der Waals surface area contributed by atoms with Gasteiger partial charge in [-0.1, -0.05) is 12.1 Å². The lowest BCUT2D eigenvalue weighted by Gasteiger charge is -2.33. The molecule has 0 saturated carbocycles. The third kappa shape index (κ3) is 3.91. The smallest absolute Gasteiger partial charge is 0.240 e. The summed E-state index contributed by atoms with van der Waals surface area (Å²) in [5.74, 6) is 0.289. The first-order chi connectivity index (χ1) is 11.4. The average Bonchev–Trinajstić information content (AvgIpc) is 2.55. The maximum atomic E-state index is 13.3. The zero-order chi connectivity index (χ0) is 17.2. The van der Waals surface area contributed by atoms with Crippen molar-refractivity contribution in [3.05, 3.63) is 54.0 Å². The van der Waals surface area contributed by atoms with E-state index < -0.39 is 15.8 Å². The molecular formula is C17H20FN3O2S. The van der Waals surface area contributed by atoms with Gasteiger partial charge in [0, 0.05) is 24.8 Å². The van der Waals surface area contributed by atoms with Crippen LogP contribution in [0.3, 0.4) is 0 Å². The summed E-state index contributed by atoms with van der Waals surface area (Å²) in [6, 6.07) is 10.6. The van der Waals surface area contributed by atoms with E-state index in [2.05, 4.69) is 14.6 Å². The molecule has 0 bridgehead atoms. The second-order valence-electron chi connectivity index (χ2n) is 6.00. The van der Waals surface area contributed by atoms with E-state index in [1.54, 1.807) is 0 Å². The molecule has 1 aromatic carbocycles. The van der Waals surface area contributed by atoms with Crippen molar-refractivity contribution in [1.29, 1.82) is 0 Å². The van der Waals surface area contributed by atoms with Gasteiger partial charge in [0.05, 0.1) is 4.90 Å². The van der Waals surface area contributed by atoms with Crippen LogP contribution in [0.5, 0.6) is 0 Å². The molecule has 1 unspecified atom stereocenters. The zero-order valence-corrected chi connectivity index (χ0v) is 14.3. The molecule has 1 fully saturated rings. The Morgan fingerprint density at radius 2 is 2.04 bits per heavy atom. The quantitative estimate of drug-likeness (QED) is 0.921. The molecule has 1 N–H and O–H groups in total. The number of benzene rings is 1. The van der Waals surface area contributed by atoms with Crippen LogP contribution in [-0.2, 0) is 10.0 Å². The normalized spacial score (nSPS) is 18.6.